The fourth-order valence-electron chi connectivity index (χ4n) is 4.42. The van der Waals surface area contributed by atoms with Crippen molar-refractivity contribution in [2.75, 3.05) is 5.32 Å². The highest BCUT2D eigenvalue weighted by Crippen LogP contribution is 2.19. The number of aliphatic carboxylic acids is 1. The maximum atomic E-state index is 12.9. The Labute approximate surface area is 216 Å². The standard InChI is InChI=1S/C29H31N5O3/c1-17-9-10-30-25(13-17)31-15-23-16-32-27(33-23)22-7-5-21(6-8-22)14-24(29(36)37)34-28(35)26-19(3)11-18(2)12-20(26)4/h5-13,16,24H,14-15H2,1-4H3,(H,30,31)(H,32,33)(H,34,35)(H,36,37). The number of aromatic nitrogens is 3. The summed E-state index contributed by atoms with van der Waals surface area (Å²) in [5.41, 5.74) is 6.96. The van der Waals surface area contributed by atoms with Crippen molar-refractivity contribution in [1.82, 2.24) is 20.3 Å². The average Bonchev–Trinajstić information content (AvgIpc) is 3.31. The molecular weight excluding hydrogens is 466 g/mol. The number of amides is 1. The van der Waals surface area contributed by atoms with Crippen LogP contribution in [0.4, 0.5) is 5.82 Å². The first-order valence-corrected chi connectivity index (χ1v) is 12.1. The van der Waals surface area contributed by atoms with Gasteiger partial charge in [-0.3, -0.25) is 4.79 Å². The van der Waals surface area contributed by atoms with Gasteiger partial charge in [0.2, 0.25) is 0 Å². The molecule has 2 heterocycles. The number of nitrogens with zero attached hydrogens (tertiary/aromatic N) is 2. The smallest absolute Gasteiger partial charge is 0.326 e. The molecule has 1 atom stereocenters. The Balaban J connectivity index is 1.40. The van der Waals surface area contributed by atoms with Gasteiger partial charge in [0, 0.05) is 23.7 Å². The Bertz CT molecular complexity index is 1400. The molecule has 8 heteroatoms. The first kappa shape index (κ1) is 25.6. The summed E-state index contributed by atoms with van der Waals surface area (Å²) in [6.07, 6.45) is 3.71. The molecule has 8 nitrogen and oxygen atoms in total. The van der Waals surface area contributed by atoms with Gasteiger partial charge in [0.1, 0.15) is 17.7 Å². The van der Waals surface area contributed by atoms with Crippen molar-refractivity contribution in [2.45, 2.75) is 46.7 Å². The van der Waals surface area contributed by atoms with E-state index in [0.29, 0.717) is 17.9 Å². The molecule has 0 radical (unpaired) electrons. The van der Waals surface area contributed by atoms with Crippen LogP contribution in [0, 0.1) is 27.7 Å². The first-order valence-electron chi connectivity index (χ1n) is 12.1. The fraction of sp³-hybridized carbons (Fsp3) is 0.241. The van der Waals surface area contributed by atoms with Crippen LogP contribution < -0.4 is 10.6 Å². The quantitative estimate of drug-likeness (QED) is 0.265. The summed E-state index contributed by atoms with van der Waals surface area (Å²) in [7, 11) is 0. The molecule has 2 aromatic carbocycles. The average molecular weight is 498 g/mol. The Morgan fingerprint density at radius 2 is 1.65 bits per heavy atom. The minimum Gasteiger partial charge on any atom is -0.480 e. The van der Waals surface area contributed by atoms with Gasteiger partial charge in [-0.25, -0.2) is 14.8 Å². The van der Waals surface area contributed by atoms with Crippen LogP contribution in [-0.2, 0) is 17.8 Å². The summed E-state index contributed by atoms with van der Waals surface area (Å²) in [6.45, 7) is 8.26. The first-order chi connectivity index (χ1) is 17.7. The zero-order chi connectivity index (χ0) is 26.5. The number of aryl methyl sites for hydroxylation is 4. The van der Waals surface area contributed by atoms with E-state index in [1.807, 2.05) is 76.2 Å². The number of carbonyl (C=O) groups excluding carboxylic acids is 1. The van der Waals surface area contributed by atoms with Crippen LogP contribution in [0.2, 0.25) is 0 Å². The van der Waals surface area contributed by atoms with Crippen molar-refractivity contribution in [3.05, 3.63) is 100.0 Å². The zero-order valence-corrected chi connectivity index (χ0v) is 21.4. The second-order valence-electron chi connectivity index (χ2n) is 9.37. The molecule has 0 fully saturated rings. The second-order valence-corrected chi connectivity index (χ2v) is 9.37. The number of carbonyl (C=O) groups is 2. The summed E-state index contributed by atoms with van der Waals surface area (Å²) in [4.78, 5) is 36.9. The molecule has 4 rings (SSSR count). The molecule has 0 saturated heterocycles. The molecule has 0 aliphatic rings. The van der Waals surface area contributed by atoms with Crippen LogP contribution in [0.5, 0.6) is 0 Å². The second kappa shape index (κ2) is 11.1. The van der Waals surface area contributed by atoms with Gasteiger partial charge in [0.15, 0.2) is 0 Å². The number of pyridine rings is 1. The van der Waals surface area contributed by atoms with E-state index in [9.17, 15) is 14.7 Å². The lowest BCUT2D eigenvalue weighted by Crippen LogP contribution is -2.42. The predicted octanol–water partition coefficient (Wildman–Crippen LogP) is 4.74. The Morgan fingerprint density at radius 1 is 0.946 bits per heavy atom. The molecule has 0 spiro atoms. The van der Waals surface area contributed by atoms with E-state index >= 15 is 0 Å². The molecule has 2 aromatic heterocycles. The van der Waals surface area contributed by atoms with Crippen molar-refractivity contribution < 1.29 is 14.7 Å². The highest BCUT2D eigenvalue weighted by Gasteiger charge is 2.23. The highest BCUT2D eigenvalue weighted by atomic mass is 16.4. The van der Waals surface area contributed by atoms with E-state index < -0.39 is 12.0 Å². The number of hydrogen-bond acceptors (Lipinski definition) is 5. The number of carboxylic acid groups (broad SMARTS) is 1. The zero-order valence-electron chi connectivity index (χ0n) is 21.4. The van der Waals surface area contributed by atoms with Crippen LogP contribution in [0.3, 0.4) is 0 Å². The molecule has 1 amide bonds. The van der Waals surface area contributed by atoms with E-state index in [1.165, 1.54) is 0 Å². The van der Waals surface area contributed by atoms with Gasteiger partial charge in [0.25, 0.3) is 5.91 Å². The molecule has 37 heavy (non-hydrogen) atoms. The summed E-state index contributed by atoms with van der Waals surface area (Å²) in [5.74, 6) is 0.0602. The minimum atomic E-state index is -1.08. The van der Waals surface area contributed by atoms with Gasteiger partial charge in [-0.15, -0.1) is 0 Å². The Kier molecular flexibility index (Phi) is 7.67. The van der Waals surface area contributed by atoms with Crippen LogP contribution >= 0.6 is 0 Å². The van der Waals surface area contributed by atoms with Crippen molar-refractivity contribution >= 4 is 17.7 Å². The van der Waals surface area contributed by atoms with Gasteiger partial charge in [-0.05, 0) is 62.1 Å². The van der Waals surface area contributed by atoms with Crippen LogP contribution in [0.1, 0.15) is 43.9 Å². The number of imidazole rings is 1. The predicted molar refractivity (Wildman–Crippen MR) is 144 cm³/mol. The fourth-order valence-corrected chi connectivity index (χ4v) is 4.42. The van der Waals surface area contributed by atoms with E-state index in [-0.39, 0.29) is 12.3 Å². The largest absolute Gasteiger partial charge is 0.480 e. The minimum absolute atomic E-state index is 0.169. The number of nitrogens with one attached hydrogen (secondary N) is 3. The maximum Gasteiger partial charge on any atom is 0.326 e. The molecule has 1 unspecified atom stereocenters. The molecule has 4 N–H and O–H groups in total. The van der Waals surface area contributed by atoms with Gasteiger partial charge in [0.05, 0.1) is 18.4 Å². The van der Waals surface area contributed by atoms with Gasteiger partial charge < -0.3 is 20.7 Å². The highest BCUT2D eigenvalue weighted by molar-refractivity contribution is 5.99. The SMILES string of the molecule is Cc1ccnc(NCc2cnc(-c3ccc(CC(NC(=O)c4c(C)cc(C)cc4C)C(=O)O)cc3)[nH]2)c1. The summed E-state index contributed by atoms with van der Waals surface area (Å²) in [5, 5.41) is 15.7. The number of H-pyrrole nitrogens is 1. The monoisotopic (exact) mass is 497 g/mol. The molecular formula is C29H31N5O3. The number of rotatable bonds is 9. The lowest BCUT2D eigenvalue weighted by Gasteiger charge is -2.17. The molecule has 4 aromatic rings. The molecule has 190 valence electrons. The third kappa shape index (κ3) is 6.41. The Morgan fingerprint density at radius 3 is 2.30 bits per heavy atom. The molecule has 0 aliphatic carbocycles. The van der Waals surface area contributed by atoms with E-state index in [0.717, 1.165) is 44.9 Å². The number of hydrogen-bond donors (Lipinski definition) is 4. The molecule has 0 aliphatic heterocycles. The number of carboxylic acids is 1. The van der Waals surface area contributed by atoms with E-state index in [1.54, 1.807) is 12.4 Å². The Hall–Kier alpha value is -4.46. The van der Waals surface area contributed by atoms with Crippen molar-refractivity contribution in [1.29, 1.82) is 0 Å². The van der Waals surface area contributed by atoms with Crippen molar-refractivity contribution in [3.8, 4) is 11.4 Å². The summed E-state index contributed by atoms with van der Waals surface area (Å²) >= 11 is 0. The van der Waals surface area contributed by atoms with E-state index in [2.05, 4.69) is 25.6 Å². The third-order valence-electron chi connectivity index (χ3n) is 6.18. The summed E-state index contributed by atoms with van der Waals surface area (Å²) < 4.78 is 0. The summed E-state index contributed by atoms with van der Waals surface area (Å²) in [6, 6.07) is 14.2. The topological polar surface area (TPSA) is 120 Å². The van der Waals surface area contributed by atoms with E-state index in [4.69, 9.17) is 0 Å². The third-order valence-corrected chi connectivity index (χ3v) is 6.18. The maximum absolute atomic E-state index is 12.9. The van der Waals surface area contributed by atoms with Crippen LogP contribution in [0.25, 0.3) is 11.4 Å². The van der Waals surface area contributed by atoms with Gasteiger partial charge >= 0.3 is 5.97 Å². The van der Waals surface area contributed by atoms with Gasteiger partial charge in [-0.2, -0.15) is 0 Å². The van der Waals surface area contributed by atoms with Crippen LogP contribution in [-0.4, -0.2) is 38.0 Å². The lowest BCUT2D eigenvalue weighted by molar-refractivity contribution is -0.139. The number of benzene rings is 2. The van der Waals surface area contributed by atoms with Crippen molar-refractivity contribution in [2.24, 2.45) is 0 Å². The molecule has 0 bridgehead atoms. The number of anilines is 1. The van der Waals surface area contributed by atoms with Crippen molar-refractivity contribution in [3.63, 3.8) is 0 Å². The van der Waals surface area contributed by atoms with Crippen LogP contribution in [0.15, 0.2) is 60.9 Å². The normalized spacial score (nSPS) is 11.7. The molecule has 0 saturated carbocycles. The lowest BCUT2D eigenvalue weighted by atomic mass is 9.98. The van der Waals surface area contributed by atoms with Gasteiger partial charge in [-0.1, -0.05) is 42.0 Å². The number of aromatic amines is 1.